The second-order valence-corrected chi connectivity index (χ2v) is 4.50. The highest BCUT2D eigenvalue weighted by atomic mass is 16.5. The summed E-state index contributed by atoms with van der Waals surface area (Å²) in [7, 11) is 0. The molecule has 94 valence electrons. The third kappa shape index (κ3) is 2.90. The van der Waals surface area contributed by atoms with Gasteiger partial charge in [-0.25, -0.2) is 0 Å². The summed E-state index contributed by atoms with van der Waals surface area (Å²) >= 11 is 0. The van der Waals surface area contributed by atoms with Crippen molar-refractivity contribution in [3.63, 3.8) is 0 Å². The number of benzene rings is 2. The summed E-state index contributed by atoms with van der Waals surface area (Å²) in [6, 6.07) is 16.2. The van der Waals surface area contributed by atoms with Gasteiger partial charge >= 0.3 is 0 Å². The molecule has 0 bridgehead atoms. The lowest BCUT2D eigenvalue weighted by atomic mass is 10.1. The topological polar surface area (TPSA) is 35.2 Å². The summed E-state index contributed by atoms with van der Waals surface area (Å²) in [6.07, 6.45) is -0.0895. The fourth-order valence-corrected chi connectivity index (χ4v) is 1.87. The minimum atomic E-state index is -0.0895. The molecule has 2 rings (SSSR count). The first-order valence-corrected chi connectivity index (χ1v) is 6.19. The van der Waals surface area contributed by atoms with E-state index < -0.39 is 0 Å². The zero-order chi connectivity index (χ0) is 13.0. The van der Waals surface area contributed by atoms with Gasteiger partial charge in [0.1, 0.15) is 11.9 Å². The van der Waals surface area contributed by atoms with Crippen LogP contribution in [-0.2, 0) is 0 Å². The van der Waals surface area contributed by atoms with Gasteiger partial charge in [-0.1, -0.05) is 36.4 Å². The van der Waals surface area contributed by atoms with Gasteiger partial charge in [0.2, 0.25) is 0 Å². The van der Waals surface area contributed by atoms with Crippen LogP contribution in [0.3, 0.4) is 0 Å². The second-order valence-electron chi connectivity index (χ2n) is 4.50. The maximum atomic E-state index is 5.96. The molecule has 1 atom stereocenters. The number of nitrogens with two attached hydrogens (primary N) is 1. The molecule has 0 fully saturated rings. The zero-order valence-electron chi connectivity index (χ0n) is 10.9. The summed E-state index contributed by atoms with van der Waals surface area (Å²) in [5.41, 5.74) is 9.41. The van der Waals surface area contributed by atoms with Gasteiger partial charge in [-0.3, -0.25) is 0 Å². The van der Waals surface area contributed by atoms with Crippen LogP contribution in [0.5, 0.6) is 5.75 Å². The first-order valence-electron chi connectivity index (χ1n) is 6.19. The summed E-state index contributed by atoms with van der Waals surface area (Å²) in [5.74, 6) is 0.873. The summed E-state index contributed by atoms with van der Waals surface area (Å²) in [5, 5.41) is 0. The summed E-state index contributed by atoms with van der Waals surface area (Å²) in [4.78, 5) is 0. The maximum Gasteiger partial charge on any atom is 0.136 e. The molecule has 0 aliphatic rings. The highest BCUT2D eigenvalue weighted by Crippen LogP contribution is 2.23. The Morgan fingerprint density at radius 3 is 2.33 bits per heavy atom. The Hall–Kier alpha value is -1.80. The van der Waals surface area contributed by atoms with Crippen LogP contribution in [0.1, 0.15) is 22.8 Å². The predicted molar refractivity (Wildman–Crippen MR) is 74.8 cm³/mol. The average molecular weight is 241 g/mol. The van der Waals surface area contributed by atoms with Gasteiger partial charge in [-0.05, 0) is 42.7 Å². The summed E-state index contributed by atoms with van der Waals surface area (Å²) < 4.78 is 5.96. The van der Waals surface area contributed by atoms with Crippen molar-refractivity contribution in [3.05, 3.63) is 65.2 Å². The molecule has 0 amide bonds. The molecule has 0 aliphatic carbocycles. The molecule has 18 heavy (non-hydrogen) atoms. The monoisotopic (exact) mass is 241 g/mol. The summed E-state index contributed by atoms with van der Waals surface area (Å²) in [6.45, 7) is 4.65. The molecule has 0 saturated carbocycles. The van der Waals surface area contributed by atoms with Crippen molar-refractivity contribution < 1.29 is 4.74 Å². The van der Waals surface area contributed by atoms with Crippen LogP contribution in [0.4, 0.5) is 0 Å². The van der Waals surface area contributed by atoms with E-state index in [9.17, 15) is 0 Å². The molecule has 0 aliphatic heterocycles. The van der Waals surface area contributed by atoms with Crippen LogP contribution in [-0.4, -0.2) is 6.54 Å². The Morgan fingerprint density at radius 2 is 1.72 bits per heavy atom. The normalized spacial score (nSPS) is 12.2. The molecule has 2 N–H and O–H groups in total. The van der Waals surface area contributed by atoms with Crippen LogP contribution in [0.2, 0.25) is 0 Å². The lowest BCUT2D eigenvalue weighted by Gasteiger charge is -2.18. The van der Waals surface area contributed by atoms with Crippen LogP contribution < -0.4 is 10.5 Å². The quantitative estimate of drug-likeness (QED) is 0.890. The van der Waals surface area contributed by atoms with E-state index in [1.54, 1.807) is 0 Å². The van der Waals surface area contributed by atoms with Crippen LogP contribution >= 0.6 is 0 Å². The molecule has 0 saturated heterocycles. The van der Waals surface area contributed by atoms with Gasteiger partial charge < -0.3 is 10.5 Å². The van der Waals surface area contributed by atoms with Gasteiger partial charge in [-0.2, -0.15) is 0 Å². The van der Waals surface area contributed by atoms with Crippen molar-refractivity contribution in [3.8, 4) is 5.75 Å². The molecule has 2 aromatic carbocycles. The van der Waals surface area contributed by atoms with Crippen LogP contribution in [0, 0.1) is 13.8 Å². The molecule has 2 heteroatoms. The van der Waals surface area contributed by atoms with Crippen molar-refractivity contribution in [1.29, 1.82) is 0 Å². The van der Waals surface area contributed by atoms with Crippen LogP contribution in [0.25, 0.3) is 0 Å². The van der Waals surface area contributed by atoms with E-state index in [-0.39, 0.29) is 6.10 Å². The standard InChI is InChI=1S/C16H19NO/c1-12-8-9-15(10-13(12)2)18-16(11-17)14-6-4-3-5-7-14/h3-10,16H,11,17H2,1-2H3. The maximum absolute atomic E-state index is 5.96. The smallest absolute Gasteiger partial charge is 0.136 e. The minimum absolute atomic E-state index is 0.0895. The van der Waals surface area contributed by atoms with E-state index in [0.29, 0.717) is 6.54 Å². The fraction of sp³-hybridized carbons (Fsp3) is 0.250. The Labute approximate surface area is 108 Å². The Bertz CT molecular complexity index is 508. The molecule has 2 nitrogen and oxygen atoms in total. The van der Waals surface area contributed by atoms with E-state index in [1.165, 1.54) is 11.1 Å². The lowest BCUT2D eigenvalue weighted by Crippen LogP contribution is -2.18. The predicted octanol–water partition coefficient (Wildman–Crippen LogP) is 3.38. The van der Waals surface area contributed by atoms with Crippen molar-refractivity contribution in [2.75, 3.05) is 6.54 Å². The first kappa shape index (κ1) is 12.7. The highest BCUT2D eigenvalue weighted by Gasteiger charge is 2.11. The third-order valence-corrected chi connectivity index (χ3v) is 3.14. The number of hydrogen-bond acceptors (Lipinski definition) is 2. The number of ether oxygens (including phenoxy) is 1. The van der Waals surface area contributed by atoms with Gasteiger partial charge in [0.05, 0.1) is 0 Å². The van der Waals surface area contributed by atoms with E-state index in [1.807, 2.05) is 36.4 Å². The van der Waals surface area contributed by atoms with E-state index >= 15 is 0 Å². The van der Waals surface area contributed by atoms with Crippen molar-refractivity contribution in [1.82, 2.24) is 0 Å². The third-order valence-electron chi connectivity index (χ3n) is 3.14. The minimum Gasteiger partial charge on any atom is -0.484 e. The molecule has 0 aromatic heterocycles. The van der Waals surface area contributed by atoms with Crippen LogP contribution in [0.15, 0.2) is 48.5 Å². The Kier molecular flexibility index (Phi) is 4.00. The molecular formula is C16H19NO. The lowest BCUT2D eigenvalue weighted by molar-refractivity contribution is 0.214. The largest absolute Gasteiger partial charge is 0.484 e. The molecule has 1 unspecified atom stereocenters. The second kappa shape index (κ2) is 5.69. The SMILES string of the molecule is Cc1ccc(OC(CN)c2ccccc2)cc1C. The molecular weight excluding hydrogens is 222 g/mol. The molecule has 2 aromatic rings. The van der Waals surface area contributed by atoms with Gasteiger partial charge in [0.15, 0.2) is 0 Å². The average Bonchev–Trinajstić information content (AvgIpc) is 2.41. The van der Waals surface area contributed by atoms with Crippen molar-refractivity contribution in [2.24, 2.45) is 5.73 Å². The molecule has 0 spiro atoms. The number of aryl methyl sites for hydroxylation is 2. The zero-order valence-corrected chi connectivity index (χ0v) is 10.9. The Morgan fingerprint density at radius 1 is 1.00 bits per heavy atom. The van der Waals surface area contributed by atoms with E-state index in [4.69, 9.17) is 10.5 Å². The fourth-order valence-electron chi connectivity index (χ4n) is 1.87. The van der Waals surface area contributed by atoms with Gasteiger partial charge in [0.25, 0.3) is 0 Å². The van der Waals surface area contributed by atoms with Gasteiger partial charge in [0, 0.05) is 6.54 Å². The van der Waals surface area contributed by atoms with Gasteiger partial charge in [-0.15, -0.1) is 0 Å². The molecule has 0 heterocycles. The van der Waals surface area contributed by atoms with Crippen molar-refractivity contribution >= 4 is 0 Å². The highest BCUT2D eigenvalue weighted by molar-refractivity contribution is 5.34. The molecule has 0 radical (unpaired) electrons. The number of rotatable bonds is 4. The number of hydrogen-bond donors (Lipinski definition) is 1. The van der Waals surface area contributed by atoms with Crippen molar-refractivity contribution in [2.45, 2.75) is 20.0 Å². The Balaban J connectivity index is 2.18. The van der Waals surface area contributed by atoms with E-state index in [2.05, 4.69) is 26.0 Å². The first-order chi connectivity index (χ1) is 8.70. The van der Waals surface area contributed by atoms with E-state index in [0.717, 1.165) is 11.3 Å².